The molecular weight excluding hydrogens is 191 g/mol. The fraction of sp³-hybridized carbons (Fsp3) is 0.300. The minimum atomic E-state index is -0.948. The zero-order valence-corrected chi connectivity index (χ0v) is 7.36. The van der Waals surface area contributed by atoms with Crippen LogP contribution in [0.3, 0.4) is 0 Å². The fourth-order valence-electron chi connectivity index (χ4n) is 1.27. The van der Waals surface area contributed by atoms with Gasteiger partial charge >= 0.3 is 0 Å². The van der Waals surface area contributed by atoms with Crippen LogP contribution in [0.5, 0.6) is 0 Å². The summed E-state index contributed by atoms with van der Waals surface area (Å²) < 4.78 is 37.2. The highest BCUT2D eigenvalue weighted by atomic mass is 19.1. The van der Waals surface area contributed by atoms with E-state index >= 15 is 0 Å². The molecule has 1 aromatic rings. The van der Waals surface area contributed by atoms with Gasteiger partial charge in [-0.25, -0.2) is 13.2 Å². The predicted octanol–water partition coefficient (Wildman–Crippen LogP) is 2.97. The maximum Gasteiger partial charge on any atom is 0.116 e. The molecule has 1 rings (SSSR count). The van der Waals surface area contributed by atoms with Crippen molar-refractivity contribution in [1.29, 1.82) is 5.26 Å². The summed E-state index contributed by atoms with van der Waals surface area (Å²) in [5.74, 6) is 0. The van der Waals surface area contributed by atoms with Gasteiger partial charge in [-0.2, -0.15) is 5.26 Å². The van der Waals surface area contributed by atoms with Crippen LogP contribution in [0.2, 0.25) is 0 Å². The Hall–Kier alpha value is -1.50. The molecule has 0 aromatic heterocycles. The lowest BCUT2D eigenvalue weighted by molar-refractivity contribution is 0.450. The van der Waals surface area contributed by atoms with E-state index in [-0.39, 0.29) is 22.3 Å². The number of nitrogens with zero attached hydrogens (tertiary/aromatic N) is 1. The number of halogens is 3. The third kappa shape index (κ3) is 1.72. The zero-order valence-electron chi connectivity index (χ0n) is 7.36. The molecule has 0 heterocycles. The van der Waals surface area contributed by atoms with Crippen LogP contribution in [0.25, 0.3) is 0 Å². The second kappa shape index (κ2) is 4.66. The van der Waals surface area contributed by atoms with E-state index in [9.17, 15) is 13.2 Å². The van der Waals surface area contributed by atoms with Gasteiger partial charge in [0.05, 0.1) is 11.6 Å². The van der Waals surface area contributed by atoms with Gasteiger partial charge in [0.25, 0.3) is 0 Å². The van der Waals surface area contributed by atoms with Gasteiger partial charge in [-0.05, 0) is 5.56 Å². The fourth-order valence-corrected chi connectivity index (χ4v) is 1.27. The second-order valence-corrected chi connectivity index (χ2v) is 2.75. The summed E-state index contributed by atoms with van der Waals surface area (Å²) in [6.07, 6.45) is 0. The van der Waals surface area contributed by atoms with Crippen molar-refractivity contribution >= 4 is 0 Å². The molecule has 74 valence electrons. The maximum absolute atomic E-state index is 12.5. The molecule has 0 N–H and O–H groups in total. The van der Waals surface area contributed by atoms with E-state index in [1.807, 2.05) is 0 Å². The van der Waals surface area contributed by atoms with Crippen molar-refractivity contribution in [2.24, 2.45) is 0 Å². The standard InChI is InChI=1S/C10H8F3N/c11-3-7-1-2-8(4-12)10(6-14)9(7)5-13/h1-2H,3-5H2. The van der Waals surface area contributed by atoms with Crippen molar-refractivity contribution in [3.05, 3.63) is 34.4 Å². The van der Waals surface area contributed by atoms with Crippen LogP contribution in [0.15, 0.2) is 12.1 Å². The number of hydrogen-bond acceptors (Lipinski definition) is 1. The van der Waals surface area contributed by atoms with Crippen LogP contribution >= 0.6 is 0 Å². The van der Waals surface area contributed by atoms with E-state index in [1.54, 1.807) is 6.07 Å². The molecule has 4 heteroatoms. The first-order valence-corrected chi connectivity index (χ1v) is 4.00. The average Bonchev–Trinajstić information content (AvgIpc) is 2.26. The summed E-state index contributed by atoms with van der Waals surface area (Å²) >= 11 is 0. The second-order valence-electron chi connectivity index (χ2n) is 2.75. The lowest BCUT2D eigenvalue weighted by atomic mass is 9.98. The van der Waals surface area contributed by atoms with Gasteiger partial charge in [0.2, 0.25) is 0 Å². The minimum absolute atomic E-state index is 0.0369. The lowest BCUT2D eigenvalue weighted by Gasteiger charge is -2.07. The molecule has 14 heavy (non-hydrogen) atoms. The van der Waals surface area contributed by atoms with Gasteiger partial charge in [-0.15, -0.1) is 0 Å². The highest BCUT2D eigenvalue weighted by Gasteiger charge is 2.12. The largest absolute Gasteiger partial charge is 0.246 e. The molecule has 0 bridgehead atoms. The Morgan fingerprint density at radius 3 is 2.00 bits per heavy atom. The summed E-state index contributed by atoms with van der Waals surface area (Å²) in [7, 11) is 0. The van der Waals surface area contributed by atoms with Crippen molar-refractivity contribution in [2.45, 2.75) is 20.0 Å². The smallest absolute Gasteiger partial charge is 0.116 e. The number of nitriles is 1. The molecule has 1 aromatic carbocycles. The van der Waals surface area contributed by atoms with Gasteiger partial charge < -0.3 is 0 Å². The highest BCUT2D eigenvalue weighted by Crippen LogP contribution is 2.21. The van der Waals surface area contributed by atoms with Gasteiger partial charge in [0, 0.05) is 11.1 Å². The summed E-state index contributed by atoms with van der Waals surface area (Å²) in [4.78, 5) is 0. The molecule has 0 amide bonds. The average molecular weight is 199 g/mol. The molecule has 0 aliphatic carbocycles. The molecular formula is C10H8F3N. The van der Waals surface area contributed by atoms with Crippen LogP contribution < -0.4 is 0 Å². The van der Waals surface area contributed by atoms with Crippen molar-refractivity contribution in [3.63, 3.8) is 0 Å². The molecule has 0 atom stereocenters. The number of rotatable bonds is 3. The van der Waals surface area contributed by atoms with Gasteiger partial charge in [-0.1, -0.05) is 12.1 Å². The predicted molar refractivity (Wildman–Crippen MR) is 45.6 cm³/mol. The highest BCUT2D eigenvalue weighted by molar-refractivity contribution is 5.48. The molecule has 0 saturated heterocycles. The van der Waals surface area contributed by atoms with Crippen molar-refractivity contribution in [2.75, 3.05) is 0 Å². The van der Waals surface area contributed by atoms with Gasteiger partial charge in [0.15, 0.2) is 0 Å². The van der Waals surface area contributed by atoms with E-state index in [4.69, 9.17) is 5.26 Å². The number of hydrogen-bond donors (Lipinski definition) is 0. The lowest BCUT2D eigenvalue weighted by Crippen LogP contribution is -1.98. The quantitative estimate of drug-likeness (QED) is 0.734. The Morgan fingerprint density at radius 2 is 1.57 bits per heavy atom. The topological polar surface area (TPSA) is 23.8 Å². The molecule has 0 radical (unpaired) electrons. The van der Waals surface area contributed by atoms with Gasteiger partial charge in [-0.3, -0.25) is 0 Å². The maximum atomic E-state index is 12.5. The molecule has 1 nitrogen and oxygen atoms in total. The summed E-state index contributed by atoms with van der Waals surface area (Å²) in [5.41, 5.74) is 0.105. The van der Waals surface area contributed by atoms with Gasteiger partial charge in [0.1, 0.15) is 20.0 Å². The SMILES string of the molecule is N#Cc1c(CF)ccc(CF)c1CF. The summed E-state index contributed by atoms with van der Waals surface area (Å²) in [5, 5.41) is 8.68. The Morgan fingerprint density at radius 1 is 1.00 bits per heavy atom. The molecule has 0 spiro atoms. The third-order valence-corrected chi connectivity index (χ3v) is 2.03. The van der Waals surface area contributed by atoms with Crippen molar-refractivity contribution in [3.8, 4) is 6.07 Å². The third-order valence-electron chi connectivity index (χ3n) is 2.03. The van der Waals surface area contributed by atoms with E-state index in [1.165, 1.54) is 12.1 Å². The first-order valence-electron chi connectivity index (χ1n) is 4.00. The monoisotopic (exact) mass is 199 g/mol. The first kappa shape index (κ1) is 10.6. The number of benzene rings is 1. The molecule has 0 unspecified atom stereocenters. The molecule has 0 aliphatic rings. The Kier molecular flexibility index (Phi) is 3.52. The first-order chi connectivity index (χ1) is 6.78. The molecule has 0 fully saturated rings. The van der Waals surface area contributed by atoms with Crippen LogP contribution in [0, 0.1) is 11.3 Å². The Balaban J connectivity index is 3.38. The summed E-state index contributed by atoms with van der Waals surface area (Å²) in [6.45, 7) is -2.64. The van der Waals surface area contributed by atoms with Crippen LogP contribution in [0.1, 0.15) is 22.3 Å². The van der Waals surface area contributed by atoms with E-state index in [0.717, 1.165) is 0 Å². The van der Waals surface area contributed by atoms with E-state index < -0.39 is 20.0 Å². The van der Waals surface area contributed by atoms with Crippen LogP contribution in [-0.4, -0.2) is 0 Å². The normalized spacial score (nSPS) is 9.86. The molecule has 0 aliphatic heterocycles. The van der Waals surface area contributed by atoms with Crippen molar-refractivity contribution < 1.29 is 13.2 Å². The van der Waals surface area contributed by atoms with Crippen LogP contribution in [0.4, 0.5) is 13.2 Å². The van der Waals surface area contributed by atoms with Crippen LogP contribution in [-0.2, 0) is 20.0 Å². The summed E-state index contributed by atoms with van der Waals surface area (Å²) in [6, 6.07) is 4.32. The van der Waals surface area contributed by atoms with Crippen molar-refractivity contribution in [1.82, 2.24) is 0 Å². The number of alkyl halides is 3. The Labute approximate surface area is 79.8 Å². The Bertz CT molecular complexity index is 368. The minimum Gasteiger partial charge on any atom is -0.246 e. The zero-order chi connectivity index (χ0) is 10.6. The molecule has 0 saturated carbocycles. The van der Waals surface area contributed by atoms with E-state index in [0.29, 0.717) is 0 Å². The van der Waals surface area contributed by atoms with E-state index in [2.05, 4.69) is 0 Å².